The molecule has 0 saturated heterocycles. The monoisotopic (exact) mass is 675 g/mol. The molecule has 9 aromatic carbocycles. The van der Waals surface area contributed by atoms with Crippen LogP contribution < -0.4 is 4.90 Å². The van der Waals surface area contributed by atoms with Crippen molar-refractivity contribution in [2.24, 2.45) is 0 Å². The first kappa shape index (κ1) is 32.0. The molecule has 0 aliphatic carbocycles. The van der Waals surface area contributed by atoms with Gasteiger partial charge in [-0.05, 0) is 97.2 Å². The van der Waals surface area contributed by atoms with Crippen molar-refractivity contribution in [1.82, 2.24) is 0 Å². The fourth-order valence-electron chi connectivity index (χ4n) is 7.49. The normalized spacial score (nSPS) is 11.0. The highest BCUT2D eigenvalue weighted by molar-refractivity contribution is 6.02. The molecule has 0 fully saturated rings. The van der Waals surface area contributed by atoms with Crippen molar-refractivity contribution in [3.63, 3.8) is 0 Å². The first-order valence-corrected chi connectivity index (χ1v) is 18.2. The van der Waals surface area contributed by atoms with Gasteiger partial charge in [-0.2, -0.15) is 0 Å². The third kappa shape index (κ3) is 6.42. The average Bonchev–Trinajstić information content (AvgIpc) is 3.25. The molecule has 0 radical (unpaired) electrons. The smallest absolute Gasteiger partial charge is 0.0546 e. The van der Waals surface area contributed by atoms with E-state index >= 15 is 0 Å². The van der Waals surface area contributed by atoms with E-state index in [-0.39, 0.29) is 0 Å². The topological polar surface area (TPSA) is 3.24 Å². The Kier molecular flexibility index (Phi) is 8.66. The van der Waals surface area contributed by atoms with Gasteiger partial charge < -0.3 is 4.90 Å². The van der Waals surface area contributed by atoms with Crippen LogP contribution >= 0.6 is 0 Å². The summed E-state index contributed by atoms with van der Waals surface area (Å²) in [5.74, 6) is 0. The molecule has 9 rings (SSSR count). The van der Waals surface area contributed by atoms with Crippen LogP contribution in [0.4, 0.5) is 17.1 Å². The maximum atomic E-state index is 2.43. The molecule has 0 heterocycles. The van der Waals surface area contributed by atoms with Crippen molar-refractivity contribution in [3.05, 3.63) is 224 Å². The second-order valence-electron chi connectivity index (χ2n) is 13.3. The summed E-state index contributed by atoms with van der Waals surface area (Å²) < 4.78 is 0. The summed E-state index contributed by atoms with van der Waals surface area (Å²) >= 11 is 0. The fourth-order valence-corrected chi connectivity index (χ4v) is 7.49. The van der Waals surface area contributed by atoms with E-state index in [1.165, 1.54) is 66.4 Å². The van der Waals surface area contributed by atoms with Crippen LogP contribution in [-0.2, 0) is 0 Å². The minimum atomic E-state index is 1.09. The minimum absolute atomic E-state index is 1.09. The molecule has 0 spiro atoms. The maximum Gasteiger partial charge on any atom is 0.0546 e. The molecule has 0 atom stereocenters. The van der Waals surface area contributed by atoms with Crippen LogP contribution in [0.2, 0.25) is 0 Å². The molecule has 0 saturated carbocycles. The lowest BCUT2D eigenvalue weighted by molar-refractivity contribution is 1.29. The van der Waals surface area contributed by atoms with Gasteiger partial charge >= 0.3 is 0 Å². The van der Waals surface area contributed by atoms with Gasteiger partial charge in [0.25, 0.3) is 0 Å². The zero-order valence-electron chi connectivity index (χ0n) is 29.3. The number of fused-ring (bicyclic) bond motifs is 1. The zero-order chi connectivity index (χ0) is 35.4. The number of nitrogens with zero attached hydrogens (tertiary/aromatic N) is 1. The standard InChI is InChI=1S/C52H37N/c1-4-16-38(17-5-1)43-24-14-25-44(36-43)40-30-33-46(34-31-40)53(47-35-32-39-18-10-11-23-45(39)37-47)51-29-15-28-49(42-21-8-3-9-22-42)52(51)50-27-13-12-26-48(50)41-19-6-2-7-20-41/h1-37H. The highest BCUT2D eigenvalue weighted by atomic mass is 15.1. The summed E-state index contributed by atoms with van der Waals surface area (Å²) in [6, 6.07) is 80.9. The van der Waals surface area contributed by atoms with Crippen molar-refractivity contribution in [2.45, 2.75) is 0 Å². The van der Waals surface area contributed by atoms with Gasteiger partial charge in [0.05, 0.1) is 5.69 Å². The highest BCUT2D eigenvalue weighted by Gasteiger charge is 2.23. The van der Waals surface area contributed by atoms with Crippen LogP contribution in [0.15, 0.2) is 224 Å². The summed E-state index contributed by atoms with van der Waals surface area (Å²) in [5, 5.41) is 2.42. The van der Waals surface area contributed by atoms with Crippen LogP contribution in [0.3, 0.4) is 0 Å². The van der Waals surface area contributed by atoms with Crippen LogP contribution in [0.5, 0.6) is 0 Å². The molecule has 1 nitrogen and oxygen atoms in total. The summed E-state index contributed by atoms with van der Waals surface area (Å²) in [5.41, 5.74) is 15.2. The van der Waals surface area contributed by atoms with E-state index in [0.29, 0.717) is 0 Å². The largest absolute Gasteiger partial charge is 0.310 e. The van der Waals surface area contributed by atoms with Gasteiger partial charge in [-0.25, -0.2) is 0 Å². The molecule has 0 N–H and O–H groups in total. The van der Waals surface area contributed by atoms with E-state index in [0.717, 1.165) is 17.1 Å². The Hall–Kier alpha value is -6.96. The third-order valence-corrected chi connectivity index (χ3v) is 10.1. The Morgan fingerprint density at radius 1 is 0.245 bits per heavy atom. The van der Waals surface area contributed by atoms with Gasteiger partial charge in [0.2, 0.25) is 0 Å². The molecular formula is C52H37N. The first-order chi connectivity index (χ1) is 26.3. The quantitative estimate of drug-likeness (QED) is 0.155. The van der Waals surface area contributed by atoms with E-state index in [1.807, 2.05) is 0 Å². The van der Waals surface area contributed by atoms with E-state index in [1.54, 1.807) is 0 Å². The van der Waals surface area contributed by atoms with E-state index < -0.39 is 0 Å². The second kappa shape index (κ2) is 14.3. The summed E-state index contributed by atoms with van der Waals surface area (Å²) in [6.07, 6.45) is 0. The Labute approximate surface area is 311 Å². The van der Waals surface area contributed by atoms with Gasteiger partial charge in [0.1, 0.15) is 0 Å². The zero-order valence-corrected chi connectivity index (χ0v) is 29.3. The Morgan fingerprint density at radius 3 is 1.40 bits per heavy atom. The van der Waals surface area contributed by atoms with Crippen molar-refractivity contribution >= 4 is 27.8 Å². The summed E-state index contributed by atoms with van der Waals surface area (Å²) in [4.78, 5) is 2.43. The van der Waals surface area contributed by atoms with Gasteiger partial charge in [-0.3, -0.25) is 0 Å². The van der Waals surface area contributed by atoms with E-state index in [2.05, 4.69) is 229 Å². The lowest BCUT2D eigenvalue weighted by Crippen LogP contribution is -2.12. The molecule has 0 amide bonds. The Morgan fingerprint density at radius 2 is 0.717 bits per heavy atom. The number of rotatable bonds is 8. The molecule has 0 aliphatic heterocycles. The van der Waals surface area contributed by atoms with Crippen molar-refractivity contribution in [3.8, 4) is 55.6 Å². The average molecular weight is 676 g/mol. The third-order valence-electron chi connectivity index (χ3n) is 10.1. The van der Waals surface area contributed by atoms with Crippen LogP contribution in [0.25, 0.3) is 66.4 Å². The van der Waals surface area contributed by atoms with E-state index in [4.69, 9.17) is 0 Å². The summed E-state index contributed by atoms with van der Waals surface area (Å²) in [7, 11) is 0. The van der Waals surface area contributed by atoms with Crippen LogP contribution in [0.1, 0.15) is 0 Å². The SMILES string of the molecule is c1ccc(-c2cccc(-c3ccc(N(c4ccc5ccccc5c4)c4cccc(-c5ccccc5)c4-c4ccccc4-c4ccccc4)cc3)c2)cc1. The van der Waals surface area contributed by atoms with Crippen LogP contribution in [-0.4, -0.2) is 0 Å². The second-order valence-corrected chi connectivity index (χ2v) is 13.3. The Bertz CT molecular complexity index is 2640. The van der Waals surface area contributed by atoms with Crippen LogP contribution in [0, 0.1) is 0 Å². The minimum Gasteiger partial charge on any atom is -0.310 e. The highest BCUT2D eigenvalue weighted by Crippen LogP contribution is 2.48. The molecule has 0 aromatic heterocycles. The molecule has 250 valence electrons. The van der Waals surface area contributed by atoms with Crippen molar-refractivity contribution < 1.29 is 0 Å². The molecule has 1 heteroatoms. The number of anilines is 3. The molecular weight excluding hydrogens is 639 g/mol. The number of hydrogen-bond acceptors (Lipinski definition) is 1. The maximum absolute atomic E-state index is 2.43. The number of hydrogen-bond donors (Lipinski definition) is 0. The molecule has 53 heavy (non-hydrogen) atoms. The number of benzene rings is 9. The van der Waals surface area contributed by atoms with Gasteiger partial charge in [0.15, 0.2) is 0 Å². The fraction of sp³-hybridized carbons (Fsp3) is 0. The Balaban J connectivity index is 1.26. The van der Waals surface area contributed by atoms with E-state index in [9.17, 15) is 0 Å². The lowest BCUT2D eigenvalue weighted by Gasteiger charge is -2.30. The predicted octanol–water partition coefficient (Wildman–Crippen LogP) is 14.6. The molecule has 0 aliphatic rings. The molecule has 0 unspecified atom stereocenters. The predicted molar refractivity (Wildman–Crippen MR) is 226 cm³/mol. The first-order valence-electron chi connectivity index (χ1n) is 18.2. The van der Waals surface area contributed by atoms with Gasteiger partial charge in [-0.15, -0.1) is 0 Å². The lowest BCUT2D eigenvalue weighted by atomic mass is 9.87. The summed E-state index contributed by atoms with van der Waals surface area (Å²) in [6.45, 7) is 0. The van der Waals surface area contributed by atoms with Gasteiger partial charge in [-0.1, -0.05) is 188 Å². The molecule has 0 bridgehead atoms. The van der Waals surface area contributed by atoms with Crippen molar-refractivity contribution in [2.75, 3.05) is 4.90 Å². The van der Waals surface area contributed by atoms with Crippen molar-refractivity contribution in [1.29, 1.82) is 0 Å². The molecule has 9 aromatic rings. The van der Waals surface area contributed by atoms with Gasteiger partial charge in [0, 0.05) is 16.9 Å².